The Kier molecular flexibility index (Phi) is 7.34. The van der Waals surface area contributed by atoms with Crippen molar-refractivity contribution in [3.8, 4) is 5.75 Å². The Hall–Kier alpha value is -3.86. The second-order valence-corrected chi connectivity index (χ2v) is 7.46. The SMILES string of the molecule is COC(=O)c1ccc(CN(C(=O)Oc2ccc([N+](=O)[O-])cc2)c2ccc(F)c(Br)c2)c(F)c1. The molecule has 0 spiro atoms. The monoisotopic (exact) mass is 520 g/mol. The van der Waals surface area contributed by atoms with E-state index < -0.39 is 28.6 Å². The maximum atomic E-state index is 14.7. The molecule has 0 saturated heterocycles. The van der Waals surface area contributed by atoms with Gasteiger partial charge in [-0.25, -0.2) is 18.4 Å². The molecule has 0 radical (unpaired) electrons. The third kappa shape index (κ3) is 5.69. The molecule has 3 rings (SSSR count). The number of hydrogen-bond donors (Lipinski definition) is 0. The largest absolute Gasteiger partial charge is 0.465 e. The van der Waals surface area contributed by atoms with Gasteiger partial charge in [-0.3, -0.25) is 15.0 Å². The lowest BCUT2D eigenvalue weighted by Crippen LogP contribution is -2.33. The number of nitro benzene ring substituents is 1. The van der Waals surface area contributed by atoms with Gasteiger partial charge in [0.1, 0.15) is 17.4 Å². The van der Waals surface area contributed by atoms with E-state index in [0.29, 0.717) is 0 Å². The molecule has 0 fully saturated rings. The highest BCUT2D eigenvalue weighted by atomic mass is 79.9. The van der Waals surface area contributed by atoms with Gasteiger partial charge < -0.3 is 9.47 Å². The lowest BCUT2D eigenvalue weighted by Gasteiger charge is -2.23. The summed E-state index contributed by atoms with van der Waals surface area (Å²) in [5, 5.41) is 10.8. The minimum absolute atomic E-state index is 0.0108. The minimum Gasteiger partial charge on any atom is -0.465 e. The number of halogens is 3. The van der Waals surface area contributed by atoms with Crippen molar-refractivity contribution in [3.05, 3.63) is 98.0 Å². The zero-order chi connectivity index (χ0) is 24.1. The number of benzene rings is 3. The van der Waals surface area contributed by atoms with E-state index in [1.54, 1.807) is 0 Å². The molecule has 170 valence electrons. The van der Waals surface area contributed by atoms with Gasteiger partial charge in [0.2, 0.25) is 0 Å². The van der Waals surface area contributed by atoms with E-state index in [2.05, 4.69) is 20.7 Å². The van der Waals surface area contributed by atoms with Gasteiger partial charge in [0.05, 0.1) is 28.6 Å². The fourth-order valence-corrected chi connectivity index (χ4v) is 3.16. The first-order chi connectivity index (χ1) is 15.7. The van der Waals surface area contributed by atoms with Crippen LogP contribution >= 0.6 is 15.9 Å². The molecule has 0 aliphatic rings. The number of carbonyl (C=O) groups excluding carboxylic acids is 2. The van der Waals surface area contributed by atoms with Gasteiger partial charge in [0.15, 0.2) is 0 Å². The van der Waals surface area contributed by atoms with Crippen molar-refractivity contribution in [1.29, 1.82) is 0 Å². The molecule has 1 amide bonds. The van der Waals surface area contributed by atoms with Crippen LogP contribution in [0.15, 0.2) is 65.1 Å². The Morgan fingerprint density at radius 2 is 1.73 bits per heavy atom. The number of nitrogens with zero attached hydrogens (tertiary/aromatic N) is 2. The first-order valence-corrected chi connectivity index (χ1v) is 10.0. The number of amides is 1. The Labute approximate surface area is 194 Å². The number of methoxy groups -OCH3 is 1. The quantitative estimate of drug-likeness (QED) is 0.237. The average molecular weight is 521 g/mol. The van der Waals surface area contributed by atoms with E-state index in [0.717, 1.165) is 36.3 Å². The van der Waals surface area contributed by atoms with Crippen LogP contribution < -0.4 is 9.64 Å². The summed E-state index contributed by atoms with van der Waals surface area (Å²) in [5.41, 5.74) is 0.0283. The minimum atomic E-state index is -0.946. The highest BCUT2D eigenvalue weighted by Gasteiger charge is 2.22. The van der Waals surface area contributed by atoms with Crippen molar-refractivity contribution in [3.63, 3.8) is 0 Å². The number of hydrogen-bond acceptors (Lipinski definition) is 6. The maximum absolute atomic E-state index is 14.7. The molecule has 0 N–H and O–H groups in total. The van der Waals surface area contributed by atoms with Crippen LogP contribution in [0.25, 0.3) is 0 Å². The normalized spacial score (nSPS) is 10.4. The van der Waals surface area contributed by atoms with Gasteiger partial charge in [-0.15, -0.1) is 0 Å². The standard InChI is InChI=1S/C22H15BrF2N2O6/c1-32-21(28)13-2-3-14(20(25)10-13)12-26(16-6-9-19(24)18(23)11-16)22(29)33-17-7-4-15(5-8-17)27(30)31/h2-11H,12H2,1H3. The number of esters is 1. The van der Waals surface area contributed by atoms with E-state index >= 15 is 0 Å². The Bertz CT molecular complexity index is 1220. The molecule has 8 nitrogen and oxygen atoms in total. The second kappa shape index (κ2) is 10.2. The van der Waals surface area contributed by atoms with Crippen LogP contribution in [0, 0.1) is 21.7 Å². The lowest BCUT2D eigenvalue weighted by molar-refractivity contribution is -0.384. The van der Waals surface area contributed by atoms with Crippen LogP contribution in [0.1, 0.15) is 15.9 Å². The number of rotatable bonds is 6. The predicted octanol–water partition coefficient (Wildman–Crippen LogP) is 5.63. The topological polar surface area (TPSA) is 99.0 Å². The fraction of sp³-hybridized carbons (Fsp3) is 0.0909. The van der Waals surface area contributed by atoms with Crippen molar-refractivity contribution in [2.75, 3.05) is 12.0 Å². The molecule has 0 aromatic heterocycles. The summed E-state index contributed by atoms with van der Waals surface area (Å²) in [6.45, 7) is -0.322. The van der Waals surface area contributed by atoms with Gasteiger partial charge in [-0.2, -0.15) is 0 Å². The Morgan fingerprint density at radius 1 is 1.03 bits per heavy atom. The highest BCUT2D eigenvalue weighted by Crippen LogP contribution is 2.27. The first-order valence-electron chi connectivity index (χ1n) is 9.25. The molecule has 0 unspecified atom stereocenters. The number of carbonyl (C=O) groups is 2. The van der Waals surface area contributed by atoms with Crippen molar-refractivity contribution >= 4 is 39.4 Å². The summed E-state index contributed by atoms with van der Waals surface area (Å²) in [7, 11) is 1.16. The van der Waals surface area contributed by atoms with Crippen molar-refractivity contribution in [1.82, 2.24) is 0 Å². The molecular formula is C22H15BrF2N2O6. The van der Waals surface area contributed by atoms with Gasteiger partial charge in [-0.05, 0) is 58.4 Å². The number of anilines is 1. The molecule has 0 bridgehead atoms. The summed E-state index contributed by atoms with van der Waals surface area (Å²) in [6, 6.07) is 12.1. The summed E-state index contributed by atoms with van der Waals surface area (Å²) in [4.78, 5) is 35.8. The summed E-state index contributed by atoms with van der Waals surface area (Å²) < 4.78 is 38.3. The highest BCUT2D eigenvalue weighted by molar-refractivity contribution is 9.10. The van der Waals surface area contributed by atoms with Crippen molar-refractivity contribution in [2.24, 2.45) is 0 Å². The third-order valence-electron chi connectivity index (χ3n) is 4.49. The molecule has 11 heteroatoms. The summed E-state index contributed by atoms with van der Waals surface area (Å²) in [5.74, 6) is -2.06. The molecule has 0 aliphatic heterocycles. The smallest absolute Gasteiger partial charge is 0.420 e. The molecule has 0 saturated carbocycles. The van der Waals surface area contributed by atoms with Gasteiger partial charge in [-0.1, -0.05) is 6.07 Å². The van der Waals surface area contributed by atoms with Crippen molar-refractivity contribution in [2.45, 2.75) is 6.54 Å². The zero-order valence-electron chi connectivity index (χ0n) is 17.0. The number of ether oxygens (including phenoxy) is 2. The maximum Gasteiger partial charge on any atom is 0.420 e. The van der Waals surface area contributed by atoms with E-state index in [1.165, 1.54) is 36.4 Å². The van der Waals surface area contributed by atoms with E-state index in [-0.39, 0.29) is 39.3 Å². The van der Waals surface area contributed by atoms with Gasteiger partial charge in [0.25, 0.3) is 5.69 Å². The Morgan fingerprint density at radius 3 is 2.30 bits per heavy atom. The third-order valence-corrected chi connectivity index (χ3v) is 5.10. The molecule has 3 aromatic rings. The second-order valence-electron chi connectivity index (χ2n) is 6.60. The molecule has 33 heavy (non-hydrogen) atoms. The summed E-state index contributed by atoms with van der Waals surface area (Å²) in [6.07, 6.45) is -0.946. The van der Waals surface area contributed by atoms with Gasteiger partial charge in [0, 0.05) is 23.4 Å². The number of nitro groups is 1. The van der Waals surface area contributed by atoms with Crippen LogP contribution in [-0.4, -0.2) is 24.1 Å². The molecule has 3 aromatic carbocycles. The van der Waals surface area contributed by atoms with E-state index in [9.17, 15) is 28.5 Å². The van der Waals surface area contributed by atoms with E-state index in [4.69, 9.17) is 4.74 Å². The first kappa shape index (κ1) is 23.8. The zero-order valence-corrected chi connectivity index (χ0v) is 18.5. The molecular weight excluding hydrogens is 506 g/mol. The van der Waals surface area contributed by atoms with E-state index in [1.807, 2.05) is 0 Å². The van der Waals surface area contributed by atoms with Crippen LogP contribution in [0.2, 0.25) is 0 Å². The molecule has 0 heterocycles. The number of non-ortho nitro benzene ring substituents is 1. The lowest BCUT2D eigenvalue weighted by atomic mass is 10.1. The fourth-order valence-electron chi connectivity index (χ4n) is 2.80. The predicted molar refractivity (Wildman–Crippen MR) is 117 cm³/mol. The van der Waals surface area contributed by atoms with Crippen LogP contribution in [0.5, 0.6) is 5.75 Å². The van der Waals surface area contributed by atoms with Gasteiger partial charge >= 0.3 is 12.1 Å². The van der Waals surface area contributed by atoms with Crippen molar-refractivity contribution < 1.29 is 32.8 Å². The summed E-state index contributed by atoms with van der Waals surface area (Å²) >= 11 is 3.04. The Balaban J connectivity index is 1.92. The average Bonchev–Trinajstić information content (AvgIpc) is 2.79. The molecule has 0 atom stereocenters. The van der Waals surface area contributed by atoms with Crippen LogP contribution in [0.3, 0.4) is 0 Å². The van der Waals surface area contributed by atoms with Crippen LogP contribution in [-0.2, 0) is 11.3 Å². The molecule has 0 aliphatic carbocycles. The van der Waals surface area contributed by atoms with Crippen LogP contribution in [0.4, 0.5) is 25.0 Å².